The van der Waals surface area contributed by atoms with Crippen LogP contribution in [0.5, 0.6) is 0 Å². The van der Waals surface area contributed by atoms with E-state index in [2.05, 4.69) is 22.9 Å². The predicted molar refractivity (Wildman–Crippen MR) is 58.6 cm³/mol. The van der Waals surface area contributed by atoms with Crippen molar-refractivity contribution in [1.29, 1.82) is 0 Å². The second-order valence-electron chi connectivity index (χ2n) is 2.69. The van der Waals surface area contributed by atoms with Gasteiger partial charge in [-0.25, -0.2) is 0 Å². The fourth-order valence-corrected chi connectivity index (χ4v) is 1.68. The van der Waals surface area contributed by atoms with Crippen LogP contribution in [-0.2, 0) is 5.75 Å². The molecule has 0 fully saturated rings. The van der Waals surface area contributed by atoms with Gasteiger partial charge in [-0.2, -0.15) is 0 Å². The molecule has 1 nitrogen and oxygen atoms in total. The number of aryl methyl sites for hydroxylation is 1. The minimum atomic E-state index is 0.895. The minimum absolute atomic E-state index is 0.895. The third kappa shape index (κ3) is 4.00. The van der Waals surface area contributed by atoms with Crippen molar-refractivity contribution in [3.8, 4) is 11.8 Å². The van der Waals surface area contributed by atoms with Gasteiger partial charge < -0.3 is 0 Å². The van der Waals surface area contributed by atoms with Gasteiger partial charge in [-0.1, -0.05) is 12.0 Å². The van der Waals surface area contributed by atoms with E-state index in [-0.39, 0.29) is 0 Å². The lowest BCUT2D eigenvalue weighted by Gasteiger charge is -1.98. The van der Waals surface area contributed by atoms with Crippen LogP contribution in [0, 0.1) is 18.8 Å². The molecule has 2 heteroatoms. The topological polar surface area (TPSA) is 12.9 Å². The molecule has 0 atom stereocenters. The van der Waals surface area contributed by atoms with Gasteiger partial charge in [0.1, 0.15) is 0 Å². The highest BCUT2D eigenvalue weighted by molar-refractivity contribution is 7.98. The quantitative estimate of drug-likeness (QED) is 0.538. The minimum Gasteiger partial charge on any atom is -0.257 e. The van der Waals surface area contributed by atoms with E-state index >= 15 is 0 Å². The smallest absolute Gasteiger partial charge is 0.0551 e. The van der Waals surface area contributed by atoms with Crippen LogP contribution in [0.15, 0.2) is 18.2 Å². The molecule has 1 heterocycles. The zero-order valence-corrected chi connectivity index (χ0v) is 8.82. The van der Waals surface area contributed by atoms with Crippen molar-refractivity contribution in [2.45, 2.75) is 19.6 Å². The summed E-state index contributed by atoms with van der Waals surface area (Å²) in [6.07, 6.45) is 0. The van der Waals surface area contributed by atoms with Crippen molar-refractivity contribution < 1.29 is 0 Å². The predicted octanol–water partition coefficient (Wildman–Crippen LogP) is 2.65. The summed E-state index contributed by atoms with van der Waals surface area (Å²) in [6, 6.07) is 6.11. The highest BCUT2D eigenvalue weighted by atomic mass is 32.2. The van der Waals surface area contributed by atoms with Gasteiger partial charge in [0.15, 0.2) is 0 Å². The van der Waals surface area contributed by atoms with Crippen LogP contribution in [0.1, 0.15) is 18.3 Å². The summed E-state index contributed by atoms with van der Waals surface area (Å²) >= 11 is 1.80. The Kier molecular flexibility index (Phi) is 4.42. The Bertz CT molecular complexity index is 322. The van der Waals surface area contributed by atoms with E-state index in [4.69, 9.17) is 0 Å². The number of hydrogen-bond donors (Lipinski definition) is 0. The SMILES string of the molecule is CC#CCSCc1cccc(C)n1. The van der Waals surface area contributed by atoms with Gasteiger partial charge in [0.2, 0.25) is 0 Å². The normalized spacial score (nSPS) is 9.08. The van der Waals surface area contributed by atoms with Gasteiger partial charge in [0, 0.05) is 11.4 Å². The first-order valence-electron chi connectivity index (χ1n) is 4.23. The van der Waals surface area contributed by atoms with E-state index in [1.165, 1.54) is 0 Å². The number of rotatable bonds is 3. The first kappa shape index (κ1) is 10.1. The zero-order valence-electron chi connectivity index (χ0n) is 8.00. The molecule has 0 saturated carbocycles. The lowest BCUT2D eigenvalue weighted by atomic mass is 10.3. The van der Waals surface area contributed by atoms with Crippen molar-refractivity contribution in [3.63, 3.8) is 0 Å². The van der Waals surface area contributed by atoms with Crippen molar-refractivity contribution in [3.05, 3.63) is 29.6 Å². The Morgan fingerprint density at radius 3 is 3.00 bits per heavy atom. The van der Waals surface area contributed by atoms with Crippen molar-refractivity contribution in [2.75, 3.05) is 5.75 Å². The summed E-state index contributed by atoms with van der Waals surface area (Å²) in [4.78, 5) is 4.40. The Hall–Kier alpha value is -0.940. The van der Waals surface area contributed by atoms with Gasteiger partial charge in [0.25, 0.3) is 0 Å². The average Bonchev–Trinajstić information content (AvgIpc) is 2.13. The molecule has 0 unspecified atom stereocenters. The van der Waals surface area contributed by atoms with Crippen LogP contribution in [0.25, 0.3) is 0 Å². The van der Waals surface area contributed by atoms with Crippen LogP contribution >= 0.6 is 11.8 Å². The van der Waals surface area contributed by atoms with Crippen molar-refractivity contribution in [2.24, 2.45) is 0 Å². The largest absolute Gasteiger partial charge is 0.257 e. The maximum atomic E-state index is 4.40. The number of pyridine rings is 1. The van der Waals surface area contributed by atoms with Crippen LogP contribution in [0.3, 0.4) is 0 Å². The number of nitrogens with zero attached hydrogens (tertiary/aromatic N) is 1. The first-order chi connectivity index (χ1) is 6.33. The Labute approximate surface area is 84.0 Å². The fraction of sp³-hybridized carbons (Fsp3) is 0.364. The molecule has 0 aliphatic heterocycles. The zero-order chi connectivity index (χ0) is 9.52. The van der Waals surface area contributed by atoms with E-state index in [9.17, 15) is 0 Å². The number of thioether (sulfide) groups is 1. The average molecular weight is 191 g/mol. The molecule has 0 radical (unpaired) electrons. The molecule has 0 saturated heterocycles. The summed E-state index contributed by atoms with van der Waals surface area (Å²) in [5, 5.41) is 0. The van der Waals surface area contributed by atoms with Crippen LogP contribution in [0.2, 0.25) is 0 Å². The Morgan fingerprint density at radius 2 is 2.31 bits per heavy atom. The highest BCUT2D eigenvalue weighted by Gasteiger charge is 1.93. The Morgan fingerprint density at radius 1 is 1.46 bits per heavy atom. The summed E-state index contributed by atoms with van der Waals surface area (Å²) in [5.74, 6) is 7.74. The van der Waals surface area contributed by atoms with Gasteiger partial charge in [0.05, 0.1) is 11.4 Å². The lowest BCUT2D eigenvalue weighted by Crippen LogP contribution is -1.89. The summed E-state index contributed by atoms with van der Waals surface area (Å²) in [7, 11) is 0. The van der Waals surface area contributed by atoms with E-state index in [1.54, 1.807) is 11.8 Å². The van der Waals surface area contributed by atoms with Crippen LogP contribution < -0.4 is 0 Å². The lowest BCUT2D eigenvalue weighted by molar-refractivity contribution is 1.11. The molecule has 0 aromatic carbocycles. The van der Waals surface area contributed by atoms with Gasteiger partial charge in [-0.3, -0.25) is 4.98 Å². The first-order valence-corrected chi connectivity index (χ1v) is 5.38. The van der Waals surface area contributed by atoms with Crippen LogP contribution in [-0.4, -0.2) is 10.7 Å². The molecule has 0 bridgehead atoms. The van der Waals surface area contributed by atoms with Crippen LogP contribution in [0.4, 0.5) is 0 Å². The van der Waals surface area contributed by atoms with Gasteiger partial charge in [-0.05, 0) is 26.0 Å². The molecule has 0 amide bonds. The molecule has 0 spiro atoms. The Balaban J connectivity index is 2.39. The van der Waals surface area contributed by atoms with Gasteiger partial charge in [-0.15, -0.1) is 17.7 Å². The standard InChI is InChI=1S/C11H13NS/c1-3-4-8-13-9-11-7-5-6-10(2)12-11/h5-7H,8-9H2,1-2H3. The summed E-state index contributed by atoms with van der Waals surface area (Å²) in [5.41, 5.74) is 2.22. The van der Waals surface area contributed by atoms with E-state index in [1.807, 2.05) is 26.0 Å². The maximum absolute atomic E-state index is 4.40. The molecule has 13 heavy (non-hydrogen) atoms. The molecular weight excluding hydrogens is 178 g/mol. The van der Waals surface area contributed by atoms with E-state index in [0.717, 1.165) is 22.9 Å². The molecule has 1 rings (SSSR count). The van der Waals surface area contributed by atoms with E-state index < -0.39 is 0 Å². The fourth-order valence-electron chi connectivity index (χ4n) is 0.959. The molecule has 0 aliphatic rings. The third-order valence-corrected chi connectivity index (χ3v) is 2.40. The van der Waals surface area contributed by atoms with Crippen molar-refractivity contribution in [1.82, 2.24) is 4.98 Å². The number of aromatic nitrogens is 1. The monoisotopic (exact) mass is 191 g/mol. The second kappa shape index (κ2) is 5.66. The molecular formula is C11H13NS. The molecule has 0 N–H and O–H groups in total. The van der Waals surface area contributed by atoms with Gasteiger partial charge >= 0.3 is 0 Å². The summed E-state index contributed by atoms with van der Waals surface area (Å²) in [6.45, 7) is 3.88. The third-order valence-electron chi connectivity index (χ3n) is 1.55. The van der Waals surface area contributed by atoms with E-state index in [0.29, 0.717) is 0 Å². The molecule has 0 aliphatic carbocycles. The number of hydrogen-bond acceptors (Lipinski definition) is 2. The molecule has 1 aromatic rings. The highest BCUT2D eigenvalue weighted by Crippen LogP contribution is 2.09. The maximum Gasteiger partial charge on any atom is 0.0551 e. The summed E-state index contributed by atoms with van der Waals surface area (Å²) < 4.78 is 0. The second-order valence-corrected chi connectivity index (χ2v) is 3.68. The molecule has 68 valence electrons. The molecule has 1 aromatic heterocycles. The van der Waals surface area contributed by atoms with Crippen molar-refractivity contribution >= 4 is 11.8 Å².